The molecule has 0 aliphatic rings. The third-order valence-corrected chi connectivity index (χ3v) is 1.96. The van der Waals surface area contributed by atoms with Crippen LogP contribution in [0.4, 0.5) is 0 Å². The zero-order chi connectivity index (χ0) is 9.14. The molecule has 0 aromatic heterocycles. The van der Waals surface area contributed by atoms with Crippen LogP contribution in [0.15, 0.2) is 18.2 Å². The summed E-state index contributed by atoms with van der Waals surface area (Å²) in [4.78, 5) is 0. The standard InChI is InChI=1S/C9H13BO2.BrH.H3N/c1-3-8-6-7(2)4-5-9(8)10(11)12;;/h4-6,11-12H,3H2,1-2H3;1H;1H3. The topological polar surface area (TPSA) is 75.5 Å². The number of rotatable bonds is 2. The van der Waals surface area contributed by atoms with Gasteiger partial charge in [0.1, 0.15) is 0 Å². The Morgan fingerprint density at radius 1 is 1.29 bits per heavy atom. The Labute approximate surface area is 95.7 Å². The molecule has 1 aromatic carbocycles. The van der Waals surface area contributed by atoms with Gasteiger partial charge in [0.15, 0.2) is 0 Å². The summed E-state index contributed by atoms with van der Waals surface area (Å²) in [5.41, 5.74) is 2.77. The highest BCUT2D eigenvalue weighted by Gasteiger charge is 2.14. The van der Waals surface area contributed by atoms with Crippen LogP contribution in [0.5, 0.6) is 0 Å². The van der Waals surface area contributed by atoms with Crippen molar-refractivity contribution in [3.63, 3.8) is 0 Å². The minimum Gasteiger partial charge on any atom is -0.423 e. The summed E-state index contributed by atoms with van der Waals surface area (Å²) < 4.78 is 0. The van der Waals surface area contributed by atoms with Crippen LogP contribution in [0.1, 0.15) is 18.1 Å². The van der Waals surface area contributed by atoms with Crippen molar-refractivity contribution >= 4 is 29.6 Å². The molecule has 0 bridgehead atoms. The van der Waals surface area contributed by atoms with Gasteiger partial charge in [-0.05, 0) is 24.4 Å². The van der Waals surface area contributed by atoms with Crippen LogP contribution in [0.25, 0.3) is 0 Å². The van der Waals surface area contributed by atoms with Gasteiger partial charge < -0.3 is 16.2 Å². The number of aryl methyl sites for hydroxylation is 2. The predicted molar refractivity (Wildman–Crippen MR) is 65.7 cm³/mol. The molecule has 0 fully saturated rings. The Morgan fingerprint density at radius 2 is 1.86 bits per heavy atom. The van der Waals surface area contributed by atoms with E-state index in [0.29, 0.717) is 5.46 Å². The van der Waals surface area contributed by atoms with Gasteiger partial charge in [0, 0.05) is 0 Å². The molecule has 1 rings (SSSR count). The maximum Gasteiger partial charge on any atom is 0.488 e. The first kappa shape index (κ1) is 16.1. The molecule has 5 heteroatoms. The Kier molecular flexibility index (Phi) is 8.05. The van der Waals surface area contributed by atoms with Gasteiger partial charge in [0.2, 0.25) is 0 Å². The van der Waals surface area contributed by atoms with Gasteiger partial charge in [-0.25, -0.2) is 0 Å². The van der Waals surface area contributed by atoms with E-state index in [4.69, 9.17) is 10.0 Å². The van der Waals surface area contributed by atoms with E-state index in [-0.39, 0.29) is 23.1 Å². The van der Waals surface area contributed by atoms with Gasteiger partial charge in [0.05, 0.1) is 0 Å². The van der Waals surface area contributed by atoms with Crippen LogP contribution in [-0.2, 0) is 6.42 Å². The van der Waals surface area contributed by atoms with Crippen molar-refractivity contribution in [3.05, 3.63) is 29.3 Å². The largest absolute Gasteiger partial charge is 0.488 e. The van der Waals surface area contributed by atoms with E-state index in [1.54, 1.807) is 6.07 Å². The average Bonchev–Trinajstić information content (AvgIpc) is 2.03. The fraction of sp³-hybridized carbons (Fsp3) is 0.333. The number of hydrogen-bond acceptors (Lipinski definition) is 3. The van der Waals surface area contributed by atoms with E-state index in [1.807, 2.05) is 26.0 Å². The maximum absolute atomic E-state index is 8.98. The van der Waals surface area contributed by atoms with E-state index < -0.39 is 7.12 Å². The zero-order valence-electron chi connectivity index (χ0n) is 8.53. The lowest BCUT2D eigenvalue weighted by molar-refractivity contribution is 0.425. The highest BCUT2D eigenvalue weighted by atomic mass is 79.9. The SMILES string of the molecule is Br.CCc1cc(C)ccc1B(O)O.N. The van der Waals surface area contributed by atoms with Gasteiger partial charge in [-0.3, -0.25) is 0 Å². The molecule has 0 amide bonds. The molecule has 3 nitrogen and oxygen atoms in total. The molecule has 0 saturated heterocycles. The minimum atomic E-state index is -1.35. The molecule has 5 N–H and O–H groups in total. The predicted octanol–water partition coefficient (Wildman–Crippen LogP) is 0.977. The Bertz CT molecular complexity index is 282. The monoisotopic (exact) mass is 261 g/mol. The Balaban J connectivity index is 0. The highest BCUT2D eigenvalue weighted by Crippen LogP contribution is 2.02. The van der Waals surface area contributed by atoms with Crippen molar-refractivity contribution in [1.29, 1.82) is 0 Å². The fourth-order valence-corrected chi connectivity index (χ4v) is 1.29. The van der Waals surface area contributed by atoms with Crippen molar-refractivity contribution in [1.82, 2.24) is 6.15 Å². The van der Waals surface area contributed by atoms with Crippen molar-refractivity contribution < 1.29 is 10.0 Å². The molecular weight excluding hydrogens is 245 g/mol. The first-order valence-electron chi connectivity index (χ1n) is 4.10. The third-order valence-electron chi connectivity index (χ3n) is 1.96. The lowest BCUT2D eigenvalue weighted by atomic mass is 9.76. The van der Waals surface area contributed by atoms with Gasteiger partial charge >= 0.3 is 7.12 Å². The smallest absolute Gasteiger partial charge is 0.423 e. The summed E-state index contributed by atoms with van der Waals surface area (Å²) in [5.74, 6) is 0. The molecule has 0 unspecified atom stereocenters. The molecule has 1 aromatic rings. The van der Waals surface area contributed by atoms with Crippen molar-refractivity contribution in [3.8, 4) is 0 Å². The molecule has 0 saturated carbocycles. The summed E-state index contributed by atoms with van der Waals surface area (Å²) in [6.45, 7) is 3.99. The number of hydrogen-bond donors (Lipinski definition) is 3. The summed E-state index contributed by atoms with van der Waals surface area (Å²) in [7, 11) is -1.35. The minimum absolute atomic E-state index is 0. The van der Waals surface area contributed by atoms with E-state index >= 15 is 0 Å². The lowest BCUT2D eigenvalue weighted by Gasteiger charge is -2.07. The summed E-state index contributed by atoms with van der Waals surface area (Å²) >= 11 is 0. The number of halogens is 1. The van der Waals surface area contributed by atoms with Crippen molar-refractivity contribution in [2.45, 2.75) is 20.3 Å². The second-order valence-electron chi connectivity index (χ2n) is 2.93. The van der Waals surface area contributed by atoms with Crippen LogP contribution in [0.3, 0.4) is 0 Å². The van der Waals surface area contributed by atoms with E-state index in [0.717, 1.165) is 17.5 Å². The van der Waals surface area contributed by atoms with Gasteiger partial charge in [-0.2, -0.15) is 0 Å². The van der Waals surface area contributed by atoms with Crippen molar-refractivity contribution in [2.24, 2.45) is 0 Å². The Morgan fingerprint density at radius 3 is 2.29 bits per heavy atom. The normalized spacial score (nSPS) is 8.57. The first-order valence-corrected chi connectivity index (χ1v) is 4.10. The quantitative estimate of drug-likeness (QED) is 0.695. The first-order chi connectivity index (χ1) is 5.65. The third kappa shape index (κ3) is 3.80. The molecule has 0 radical (unpaired) electrons. The Hall–Kier alpha value is -0.355. The van der Waals surface area contributed by atoms with Crippen LogP contribution in [-0.4, -0.2) is 17.2 Å². The molecule has 80 valence electrons. The van der Waals surface area contributed by atoms with Gasteiger partial charge in [-0.1, -0.05) is 30.7 Å². The van der Waals surface area contributed by atoms with E-state index in [9.17, 15) is 0 Å². The highest BCUT2D eigenvalue weighted by molar-refractivity contribution is 8.93. The molecule has 0 spiro atoms. The molecule has 14 heavy (non-hydrogen) atoms. The maximum atomic E-state index is 8.98. The van der Waals surface area contributed by atoms with Crippen LogP contribution in [0.2, 0.25) is 0 Å². The van der Waals surface area contributed by atoms with Gasteiger partial charge in [0.25, 0.3) is 0 Å². The molecule has 0 aliphatic carbocycles. The number of benzene rings is 1. The van der Waals surface area contributed by atoms with Crippen LogP contribution < -0.4 is 11.6 Å². The summed E-state index contributed by atoms with van der Waals surface area (Å²) in [6.07, 6.45) is 0.828. The second-order valence-corrected chi connectivity index (χ2v) is 2.93. The molecule has 0 aliphatic heterocycles. The fourth-order valence-electron chi connectivity index (χ4n) is 1.29. The lowest BCUT2D eigenvalue weighted by Crippen LogP contribution is -2.32. The second kappa shape index (κ2) is 7.01. The van der Waals surface area contributed by atoms with E-state index in [2.05, 4.69) is 0 Å². The van der Waals surface area contributed by atoms with Crippen molar-refractivity contribution in [2.75, 3.05) is 0 Å². The average molecular weight is 262 g/mol. The van der Waals surface area contributed by atoms with Gasteiger partial charge in [-0.15, -0.1) is 17.0 Å². The van der Waals surface area contributed by atoms with E-state index in [1.165, 1.54) is 0 Å². The summed E-state index contributed by atoms with van der Waals surface area (Å²) in [6, 6.07) is 5.63. The summed E-state index contributed by atoms with van der Waals surface area (Å²) in [5, 5.41) is 18.0. The molecule has 0 atom stereocenters. The molecule has 0 heterocycles. The zero-order valence-corrected chi connectivity index (χ0v) is 10.2. The van der Waals surface area contributed by atoms with Crippen LogP contribution in [0, 0.1) is 6.92 Å². The molecular formula is C9H17BBrNO2. The van der Waals surface area contributed by atoms with Crippen LogP contribution >= 0.6 is 17.0 Å².